The number of benzene rings is 1. The van der Waals surface area contributed by atoms with Gasteiger partial charge in [-0.2, -0.15) is 0 Å². The summed E-state index contributed by atoms with van der Waals surface area (Å²) >= 11 is 6.26. The summed E-state index contributed by atoms with van der Waals surface area (Å²) in [6, 6.07) is 6.25. The molecule has 0 aromatic heterocycles. The van der Waals surface area contributed by atoms with Gasteiger partial charge in [0.2, 0.25) is 0 Å². The second-order valence-corrected chi connectivity index (χ2v) is 5.52. The van der Waals surface area contributed by atoms with E-state index in [-0.39, 0.29) is 12.1 Å². The minimum atomic E-state index is 0.114. The molecular formula is C14H21ClN2O. The molecule has 3 nitrogen and oxygen atoms in total. The number of hydrazine groups is 1. The normalized spacial score (nSPS) is 18.7. The first-order valence-electron chi connectivity index (χ1n) is 6.39. The van der Waals surface area contributed by atoms with Crippen LogP contribution < -0.4 is 11.3 Å². The number of ether oxygens (including phenoxy) is 1. The van der Waals surface area contributed by atoms with Gasteiger partial charge in [-0.15, -0.1) is 0 Å². The van der Waals surface area contributed by atoms with Crippen molar-refractivity contribution in [2.24, 2.45) is 11.8 Å². The summed E-state index contributed by atoms with van der Waals surface area (Å²) in [5.74, 6) is 6.31. The van der Waals surface area contributed by atoms with Crippen molar-refractivity contribution in [1.82, 2.24) is 5.43 Å². The Bertz CT molecular complexity index is 407. The lowest BCUT2D eigenvalue weighted by Crippen LogP contribution is -2.47. The van der Waals surface area contributed by atoms with E-state index in [2.05, 4.69) is 17.6 Å². The van der Waals surface area contributed by atoms with Gasteiger partial charge in [0.1, 0.15) is 0 Å². The zero-order valence-electron chi connectivity index (χ0n) is 10.9. The summed E-state index contributed by atoms with van der Waals surface area (Å²) in [6.45, 7) is 2.04. The van der Waals surface area contributed by atoms with E-state index in [4.69, 9.17) is 22.2 Å². The van der Waals surface area contributed by atoms with Gasteiger partial charge in [0.15, 0.2) is 0 Å². The van der Waals surface area contributed by atoms with Crippen LogP contribution in [-0.2, 0) is 11.2 Å². The van der Waals surface area contributed by atoms with Gasteiger partial charge in [0.25, 0.3) is 0 Å². The SMILES string of the molecule is COC(C1CC1)C(Cc1ccc(C)cc1Cl)NN. The van der Waals surface area contributed by atoms with Crippen LogP contribution in [0, 0.1) is 12.8 Å². The van der Waals surface area contributed by atoms with Gasteiger partial charge in [0, 0.05) is 12.1 Å². The van der Waals surface area contributed by atoms with Crippen molar-refractivity contribution < 1.29 is 4.74 Å². The van der Waals surface area contributed by atoms with Crippen LogP contribution in [0.2, 0.25) is 5.02 Å². The number of aryl methyl sites for hydroxylation is 1. The Hall–Kier alpha value is -0.610. The highest BCUT2D eigenvalue weighted by Crippen LogP contribution is 2.36. The largest absolute Gasteiger partial charge is 0.379 e. The second-order valence-electron chi connectivity index (χ2n) is 5.11. The van der Waals surface area contributed by atoms with E-state index < -0.39 is 0 Å². The highest BCUT2D eigenvalue weighted by Gasteiger charge is 2.36. The molecule has 1 aliphatic rings. The van der Waals surface area contributed by atoms with Gasteiger partial charge in [0.05, 0.1) is 12.1 Å². The van der Waals surface area contributed by atoms with E-state index in [9.17, 15) is 0 Å². The van der Waals surface area contributed by atoms with Gasteiger partial charge in [-0.05, 0) is 49.3 Å². The van der Waals surface area contributed by atoms with Crippen LogP contribution in [0.1, 0.15) is 24.0 Å². The molecule has 1 aromatic carbocycles. The fourth-order valence-corrected chi connectivity index (χ4v) is 2.75. The van der Waals surface area contributed by atoms with Crippen molar-refractivity contribution in [3.8, 4) is 0 Å². The van der Waals surface area contributed by atoms with Crippen LogP contribution >= 0.6 is 11.6 Å². The Labute approximate surface area is 114 Å². The highest BCUT2D eigenvalue weighted by atomic mass is 35.5. The molecule has 1 aliphatic carbocycles. The Morgan fingerprint density at radius 3 is 2.72 bits per heavy atom. The predicted molar refractivity (Wildman–Crippen MR) is 74.5 cm³/mol. The fraction of sp³-hybridized carbons (Fsp3) is 0.571. The third kappa shape index (κ3) is 3.23. The first-order chi connectivity index (χ1) is 8.65. The molecule has 2 unspecified atom stereocenters. The van der Waals surface area contributed by atoms with Crippen LogP contribution in [0.4, 0.5) is 0 Å². The molecule has 100 valence electrons. The van der Waals surface area contributed by atoms with E-state index in [1.165, 1.54) is 18.4 Å². The van der Waals surface area contributed by atoms with Crippen LogP contribution in [0.5, 0.6) is 0 Å². The predicted octanol–water partition coefficient (Wildman–Crippen LogP) is 2.45. The number of hydrogen-bond acceptors (Lipinski definition) is 3. The summed E-state index contributed by atoms with van der Waals surface area (Å²) in [5.41, 5.74) is 5.17. The molecule has 0 aliphatic heterocycles. The fourth-order valence-electron chi connectivity index (χ4n) is 2.43. The zero-order valence-corrected chi connectivity index (χ0v) is 11.7. The Kier molecular flexibility index (Phi) is 4.62. The average Bonchev–Trinajstić information content (AvgIpc) is 3.16. The number of nitrogens with two attached hydrogens (primary N) is 1. The topological polar surface area (TPSA) is 47.3 Å². The van der Waals surface area contributed by atoms with Crippen molar-refractivity contribution in [3.63, 3.8) is 0 Å². The molecule has 2 rings (SSSR count). The summed E-state index contributed by atoms with van der Waals surface area (Å²) in [6.07, 6.45) is 3.44. The molecule has 0 spiro atoms. The van der Waals surface area contributed by atoms with E-state index >= 15 is 0 Å². The van der Waals surface area contributed by atoms with Crippen LogP contribution in [0.3, 0.4) is 0 Å². The van der Waals surface area contributed by atoms with Crippen molar-refractivity contribution in [3.05, 3.63) is 34.3 Å². The van der Waals surface area contributed by atoms with Gasteiger partial charge in [-0.3, -0.25) is 11.3 Å². The molecular weight excluding hydrogens is 248 g/mol. The molecule has 0 amide bonds. The molecule has 0 saturated heterocycles. The van der Waals surface area contributed by atoms with Crippen LogP contribution in [-0.4, -0.2) is 19.3 Å². The number of nitrogens with one attached hydrogen (secondary N) is 1. The number of hydrogen-bond donors (Lipinski definition) is 2. The summed E-state index contributed by atoms with van der Waals surface area (Å²) in [5, 5.41) is 0.806. The number of methoxy groups -OCH3 is 1. The summed E-state index contributed by atoms with van der Waals surface area (Å²) < 4.78 is 5.58. The molecule has 0 radical (unpaired) electrons. The summed E-state index contributed by atoms with van der Waals surface area (Å²) in [4.78, 5) is 0. The Morgan fingerprint density at radius 2 is 2.22 bits per heavy atom. The average molecular weight is 269 g/mol. The second kappa shape index (κ2) is 6.02. The van der Waals surface area contributed by atoms with Gasteiger partial charge in [-0.25, -0.2) is 0 Å². The maximum Gasteiger partial charge on any atom is 0.0769 e. The van der Waals surface area contributed by atoms with Gasteiger partial charge >= 0.3 is 0 Å². The van der Waals surface area contributed by atoms with Crippen LogP contribution in [0.15, 0.2) is 18.2 Å². The van der Waals surface area contributed by atoms with E-state index in [1.807, 2.05) is 13.0 Å². The molecule has 2 atom stereocenters. The monoisotopic (exact) mass is 268 g/mol. The molecule has 1 fully saturated rings. The van der Waals surface area contributed by atoms with Crippen molar-refractivity contribution in [2.75, 3.05) is 7.11 Å². The lowest BCUT2D eigenvalue weighted by molar-refractivity contribution is 0.0511. The molecule has 1 aromatic rings. The van der Waals surface area contributed by atoms with Crippen molar-refractivity contribution in [1.29, 1.82) is 0 Å². The molecule has 3 N–H and O–H groups in total. The molecule has 4 heteroatoms. The van der Waals surface area contributed by atoms with E-state index in [1.54, 1.807) is 7.11 Å². The number of halogens is 1. The first-order valence-corrected chi connectivity index (χ1v) is 6.77. The number of rotatable bonds is 6. The molecule has 1 saturated carbocycles. The van der Waals surface area contributed by atoms with Gasteiger partial charge < -0.3 is 4.74 Å². The maximum absolute atomic E-state index is 6.26. The Morgan fingerprint density at radius 1 is 1.50 bits per heavy atom. The van der Waals surface area contributed by atoms with Crippen molar-refractivity contribution >= 4 is 11.6 Å². The molecule has 0 heterocycles. The minimum Gasteiger partial charge on any atom is -0.379 e. The van der Waals surface area contributed by atoms with E-state index in [0.29, 0.717) is 5.92 Å². The van der Waals surface area contributed by atoms with E-state index in [0.717, 1.165) is 17.0 Å². The lowest BCUT2D eigenvalue weighted by atomic mass is 9.98. The maximum atomic E-state index is 6.26. The first kappa shape index (κ1) is 13.8. The lowest BCUT2D eigenvalue weighted by Gasteiger charge is -2.25. The molecule has 18 heavy (non-hydrogen) atoms. The highest BCUT2D eigenvalue weighted by molar-refractivity contribution is 6.31. The minimum absolute atomic E-state index is 0.114. The van der Waals surface area contributed by atoms with Crippen LogP contribution in [0.25, 0.3) is 0 Å². The quantitative estimate of drug-likeness (QED) is 0.615. The Balaban J connectivity index is 2.09. The third-order valence-corrected chi connectivity index (χ3v) is 3.97. The summed E-state index contributed by atoms with van der Waals surface area (Å²) in [7, 11) is 1.75. The van der Waals surface area contributed by atoms with Crippen molar-refractivity contribution in [2.45, 2.75) is 38.3 Å². The zero-order chi connectivity index (χ0) is 13.1. The molecule has 0 bridgehead atoms. The smallest absolute Gasteiger partial charge is 0.0769 e. The standard InChI is InChI=1S/C14H21ClN2O/c1-9-3-4-11(12(15)7-9)8-13(17-16)14(18-2)10-5-6-10/h3-4,7,10,13-14,17H,5-6,8,16H2,1-2H3. The third-order valence-electron chi connectivity index (χ3n) is 3.62. The van der Waals surface area contributed by atoms with Gasteiger partial charge in [-0.1, -0.05) is 23.7 Å².